The van der Waals surface area contributed by atoms with Crippen LogP contribution in [0.2, 0.25) is 0 Å². The zero-order chi connectivity index (χ0) is 17.9. The summed E-state index contributed by atoms with van der Waals surface area (Å²) < 4.78 is 5.76. The van der Waals surface area contributed by atoms with Crippen LogP contribution in [0.15, 0.2) is 36.0 Å². The summed E-state index contributed by atoms with van der Waals surface area (Å²) in [5.41, 5.74) is 1.35. The first kappa shape index (κ1) is 16.2. The number of nitriles is 1. The topological polar surface area (TPSA) is 108 Å². The largest absolute Gasteiger partial charge is 0.470 e. The van der Waals surface area contributed by atoms with Crippen LogP contribution in [0.3, 0.4) is 0 Å². The molecule has 3 aromatic rings. The molecule has 1 saturated heterocycles. The number of H-pyrrole nitrogens is 1. The van der Waals surface area contributed by atoms with Gasteiger partial charge < -0.3 is 9.64 Å². The molecule has 26 heavy (non-hydrogen) atoms. The fourth-order valence-electron chi connectivity index (χ4n) is 2.81. The van der Waals surface area contributed by atoms with Crippen molar-refractivity contribution >= 4 is 17.2 Å². The molecular formula is C17H14N6O2S. The number of carbonyl (C=O) groups excluding carboxylic acids is 1. The van der Waals surface area contributed by atoms with E-state index in [9.17, 15) is 4.79 Å². The van der Waals surface area contributed by atoms with E-state index >= 15 is 0 Å². The van der Waals surface area contributed by atoms with Crippen molar-refractivity contribution in [2.75, 3.05) is 13.1 Å². The average molecular weight is 366 g/mol. The summed E-state index contributed by atoms with van der Waals surface area (Å²) in [6.07, 6.45) is 3.36. The van der Waals surface area contributed by atoms with Crippen molar-refractivity contribution < 1.29 is 9.53 Å². The van der Waals surface area contributed by atoms with Crippen LogP contribution in [0.1, 0.15) is 22.6 Å². The maximum atomic E-state index is 12.7. The lowest BCUT2D eigenvalue weighted by atomic mass is 10.3. The summed E-state index contributed by atoms with van der Waals surface area (Å²) in [4.78, 5) is 23.4. The Balaban J connectivity index is 1.42. The predicted molar refractivity (Wildman–Crippen MR) is 93.6 cm³/mol. The van der Waals surface area contributed by atoms with E-state index < -0.39 is 0 Å². The number of likely N-dealkylation sites (tertiary alicyclic amines) is 1. The first-order chi connectivity index (χ1) is 12.7. The Bertz CT molecular complexity index is 962. The molecule has 0 spiro atoms. The standard InChI is InChI=1S/C17H14N6O2S/c18-9-14-16(20-5-4-19-14)25-11-3-6-23(10-11)17(24)13-8-12(21-22-13)15-2-1-7-26-15/h1-2,4-5,7-8,11H,3,6,10H2,(H,21,22). The molecule has 0 bridgehead atoms. The predicted octanol–water partition coefficient (Wildman–Crippen LogP) is 2.09. The van der Waals surface area contributed by atoms with E-state index in [-0.39, 0.29) is 23.6 Å². The van der Waals surface area contributed by atoms with Crippen LogP contribution >= 0.6 is 11.3 Å². The molecule has 1 fully saturated rings. The van der Waals surface area contributed by atoms with E-state index in [1.165, 1.54) is 12.4 Å². The molecule has 1 amide bonds. The number of thiophene rings is 1. The maximum Gasteiger partial charge on any atom is 0.274 e. The van der Waals surface area contributed by atoms with Crippen molar-refractivity contribution in [3.05, 3.63) is 47.4 Å². The molecule has 9 heteroatoms. The van der Waals surface area contributed by atoms with Gasteiger partial charge in [0.15, 0.2) is 5.69 Å². The number of nitrogens with zero attached hydrogens (tertiary/aromatic N) is 5. The molecule has 130 valence electrons. The second kappa shape index (κ2) is 6.93. The van der Waals surface area contributed by atoms with E-state index in [2.05, 4.69) is 20.2 Å². The first-order valence-electron chi connectivity index (χ1n) is 8.01. The van der Waals surface area contributed by atoms with E-state index in [0.29, 0.717) is 25.2 Å². The molecule has 8 nitrogen and oxygen atoms in total. The summed E-state index contributed by atoms with van der Waals surface area (Å²) in [5.74, 6) is 0.0591. The van der Waals surface area contributed by atoms with Gasteiger partial charge in [-0.3, -0.25) is 9.89 Å². The second-order valence-electron chi connectivity index (χ2n) is 5.75. The highest BCUT2D eigenvalue weighted by Gasteiger charge is 2.30. The van der Waals surface area contributed by atoms with Gasteiger partial charge in [-0.05, 0) is 17.5 Å². The smallest absolute Gasteiger partial charge is 0.274 e. The first-order valence-corrected chi connectivity index (χ1v) is 8.89. The zero-order valence-corrected chi connectivity index (χ0v) is 14.4. The minimum atomic E-state index is -0.224. The Morgan fingerprint density at radius 1 is 1.42 bits per heavy atom. The van der Waals surface area contributed by atoms with Crippen molar-refractivity contribution in [3.8, 4) is 22.5 Å². The van der Waals surface area contributed by atoms with Crippen molar-refractivity contribution in [2.24, 2.45) is 0 Å². The number of aromatic amines is 1. The number of hydrogen-bond acceptors (Lipinski definition) is 7. The van der Waals surface area contributed by atoms with E-state index in [0.717, 1.165) is 10.6 Å². The highest BCUT2D eigenvalue weighted by atomic mass is 32.1. The molecule has 1 unspecified atom stereocenters. The summed E-state index contributed by atoms with van der Waals surface area (Å²) in [5, 5.41) is 18.1. The number of rotatable bonds is 4. The van der Waals surface area contributed by atoms with Gasteiger partial charge >= 0.3 is 0 Å². The molecule has 3 aromatic heterocycles. The third-order valence-electron chi connectivity index (χ3n) is 4.06. The van der Waals surface area contributed by atoms with Crippen molar-refractivity contribution in [1.82, 2.24) is 25.1 Å². The third-order valence-corrected chi connectivity index (χ3v) is 4.97. The number of aromatic nitrogens is 4. The van der Waals surface area contributed by atoms with Crippen molar-refractivity contribution in [2.45, 2.75) is 12.5 Å². The highest BCUT2D eigenvalue weighted by molar-refractivity contribution is 7.13. The van der Waals surface area contributed by atoms with Gasteiger partial charge in [-0.1, -0.05) is 6.07 Å². The Morgan fingerprint density at radius 2 is 2.31 bits per heavy atom. The van der Waals surface area contributed by atoms with Gasteiger partial charge in [-0.2, -0.15) is 10.4 Å². The summed E-state index contributed by atoms with van der Waals surface area (Å²) in [7, 11) is 0. The van der Waals surface area contributed by atoms with Gasteiger partial charge in [0.25, 0.3) is 11.8 Å². The molecule has 0 aliphatic carbocycles. The third kappa shape index (κ3) is 3.14. The van der Waals surface area contributed by atoms with Crippen molar-refractivity contribution in [1.29, 1.82) is 5.26 Å². The Morgan fingerprint density at radius 3 is 3.12 bits per heavy atom. The Kier molecular flexibility index (Phi) is 4.33. The van der Waals surface area contributed by atoms with Gasteiger partial charge in [0, 0.05) is 25.4 Å². The highest BCUT2D eigenvalue weighted by Crippen LogP contribution is 2.24. The number of ether oxygens (including phenoxy) is 1. The van der Waals surface area contributed by atoms with Crippen LogP contribution in [-0.4, -0.2) is 50.2 Å². The van der Waals surface area contributed by atoms with E-state index in [1.807, 2.05) is 23.6 Å². The van der Waals surface area contributed by atoms with Gasteiger partial charge in [0.1, 0.15) is 12.2 Å². The Hall–Kier alpha value is -3.25. The fraction of sp³-hybridized carbons (Fsp3) is 0.235. The lowest BCUT2D eigenvalue weighted by Gasteiger charge is -2.15. The van der Waals surface area contributed by atoms with Crippen LogP contribution in [0.5, 0.6) is 5.88 Å². The summed E-state index contributed by atoms with van der Waals surface area (Å²) in [6.45, 7) is 0.980. The van der Waals surface area contributed by atoms with Gasteiger partial charge in [-0.15, -0.1) is 11.3 Å². The molecule has 1 atom stereocenters. The molecule has 1 N–H and O–H groups in total. The van der Waals surface area contributed by atoms with Crippen LogP contribution in [0, 0.1) is 11.3 Å². The minimum Gasteiger partial charge on any atom is -0.470 e. The summed E-state index contributed by atoms with van der Waals surface area (Å²) in [6, 6.07) is 7.64. The molecule has 1 aliphatic heterocycles. The van der Waals surface area contributed by atoms with Gasteiger partial charge in [-0.25, -0.2) is 9.97 Å². The number of hydrogen-bond donors (Lipinski definition) is 1. The van der Waals surface area contributed by atoms with Crippen LogP contribution in [0.25, 0.3) is 10.6 Å². The van der Waals surface area contributed by atoms with Gasteiger partial charge in [0.2, 0.25) is 5.69 Å². The normalized spacial score (nSPS) is 16.4. The molecular weight excluding hydrogens is 352 g/mol. The monoisotopic (exact) mass is 366 g/mol. The van der Waals surface area contributed by atoms with Crippen LogP contribution in [0.4, 0.5) is 0 Å². The number of nitrogens with one attached hydrogen (secondary N) is 1. The lowest BCUT2D eigenvalue weighted by molar-refractivity contribution is 0.0765. The SMILES string of the molecule is N#Cc1nccnc1OC1CCN(C(=O)c2cc(-c3cccs3)[nH]n2)C1. The fourth-order valence-corrected chi connectivity index (χ4v) is 3.50. The van der Waals surface area contributed by atoms with E-state index in [1.54, 1.807) is 22.3 Å². The number of carbonyl (C=O) groups is 1. The Labute approximate surface area is 153 Å². The molecule has 4 rings (SSSR count). The average Bonchev–Trinajstić information content (AvgIpc) is 3.42. The molecule has 0 saturated carbocycles. The summed E-state index contributed by atoms with van der Waals surface area (Å²) >= 11 is 1.58. The lowest BCUT2D eigenvalue weighted by Crippen LogP contribution is -2.31. The van der Waals surface area contributed by atoms with Crippen molar-refractivity contribution in [3.63, 3.8) is 0 Å². The minimum absolute atomic E-state index is 0.144. The second-order valence-corrected chi connectivity index (χ2v) is 6.69. The molecule has 4 heterocycles. The van der Waals surface area contributed by atoms with Crippen LogP contribution in [-0.2, 0) is 0 Å². The molecule has 1 aliphatic rings. The molecule has 0 aromatic carbocycles. The number of amides is 1. The maximum absolute atomic E-state index is 12.7. The van der Waals surface area contributed by atoms with Crippen LogP contribution < -0.4 is 4.74 Å². The zero-order valence-electron chi connectivity index (χ0n) is 13.6. The quantitative estimate of drug-likeness (QED) is 0.757. The van der Waals surface area contributed by atoms with Gasteiger partial charge in [0.05, 0.1) is 17.1 Å². The van der Waals surface area contributed by atoms with E-state index in [4.69, 9.17) is 10.00 Å². The molecule has 0 radical (unpaired) electrons.